The number of halogens is 3. The highest BCUT2D eigenvalue weighted by Crippen LogP contribution is 2.27. The minimum absolute atomic E-state index is 0.0830. The normalized spacial score (nSPS) is 12.2. The molecule has 0 aliphatic carbocycles. The minimum atomic E-state index is -0.658. The molecule has 0 amide bonds. The maximum absolute atomic E-state index is 13.4. The predicted molar refractivity (Wildman–Crippen MR) is 70.2 cm³/mol. The Bertz CT molecular complexity index is 596. The monoisotopic (exact) mass is 281 g/mol. The molecule has 2 aromatic rings. The second-order valence-corrected chi connectivity index (χ2v) is 4.32. The number of hydrogen-bond acceptors (Lipinski definition) is 2. The molecule has 0 spiro atoms. The lowest BCUT2D eigenvalue weighted by Gasteiger charge is -2.18. The first-order chi connectivity index (χ1) is 9.55. The van der Waals surface area contributed by atoms with Crippen LogP contribution in [0.2, 0.25) is 0 Å². The van der Waals surface area contributed by atoms with Gasteiger partial charge in [-0.2, -0.15) is 0 Å². The summed E-state index contributed by atoms with van der Waals surface area (Å²) < 4.78 is 44.9. The van der Waals surface area contributed by atoms with Crippen LogP contribution in [0.25, 0.3) is 0 Å². The first-order valence-electron chi connectivity index (χ1n) is 6.02. The zero-order chi connectivity index (χ0) is 14.7. The van der Waals surface area contributed by atoms with Gasteiger partial charge in [-0.1, -0.05) is 6.07 Å². The van der Waals surface area contributed by atoms with E-state index < -0.39 is 23.5 Å². The van der Waals surface area contributed by atoms with Crippen LogP contribution in [0.3, 0.4) is 0 Å². The molecule has 0 saturated heterocycles. The van der Waals surface area contributed by atoms with Crippen molar-refractivity contribution < 1.29 is 17.9 Å². The van der Waals surface area contributed by atoms with Crippen molar-refractivity contribution in [1.82, 2.24) is 5.32 Å². The molecule has 0 radical (unpaired) electrons. The summed E-state index contributed by atoms with van der Waals surface area (Å²) >= 11 is 0. The van der Waals surface area contributed by atoms with Crippen LogP contribution in [0, 0.1) is 17.5 Å². The molecule has 0 aliphatic rings. The molecule has 5 heteroatoms. The summed E-state index contributed by atoms with van der Waals surface area (Å²) in [6.07, 6.45) is 0. The Morgan fingerprint density at radius 1 is 0.950 bits per heavy atom. The minimum Gasteiger partial charge on any atom is -0.494 e. The van der Waals surface area contributed by atoms with Crippen LogP contribution >= 0.6 is 0 Å². The summed E-state index contributed by atoms with van der Waals surface area (Å²) in [5, 5.41) is 2.95. The fraction of sp³-hybridized carbons (Fsp3) is 0.200. The van der Waals surface area contributed by atoms with E-state index in [9.17, 15) is 13.2 Å². The number of hydrogen-bond donors (Lipinski definition) is 1. The Kier molecular flexibility index (Phi) is 4.29. The van der Waals surface area contributed by atoms with Crippen LogP contribution in [0.4, 0.5) is 13.2 Å². The van der Waals surface area contributed by atoms with Gasteiger partial charge >= 0.3 is 0 Å². The van der Waals surface area contributed by atoms with E-state index in [0.717, 1.165) is 6.07 Å². The highest BCUT2D eigenvalue weighted by atomic mass is 19.1. The smallest absolute Gasteiger partial charge is 0.165 e. The molecular weight excluding hydrogens is 267 g/mol. The van der Waals surface area contributed by atoms with Crippen molar-refractivity contribution in [3.63, 3.8) is 0 Å². The molecule has 1 unspecified atom stereocenters. The van der Waals surface area contributed by atoms with Crippen molar-refractivity contribution in [2.24, 2.45) is 0 Å². The molecule has 2 rings (SSSR count). The van der Waals surface area contributed by atoms with E-state index in [2.05, 4.69) is 5.32 Å². The second kappa shape index (κ2) is 5.96. The largest absolute Gasteiger partial charge is 0.494 e. The Hall–Kier alpha value is -2.01. The quantitative estimate of drug-likeness (QED) is 0.927. The Labute approximate surface area is 115 Å². The van der Waals surface area contributed by atoms with E-state index in [4.69, 9.17) is 4.74 Å². The fourth-order valence-corrected chi connectivity index (χ4v) is 2.12. The third kappa shape index (κ3) is 2.93. The summed E-state index contributed by atoms with van der Waals surface area (Å²) in [7, 11) is 3.02. The molecule has 20 heavy (non-hydrogen) atoms. The highest BCUT2D eigenvalue weighted by molar-refractivity contribution is 5.37. The molecule has 0 fully saturated rings. The highest BCUT2D eigenvalue weighted by Gasteiger charge is 2.16. The Morgan fingerprint density at radius 3 is 2.15 bits per heavy atom. The van der Waals surface area contributed by atoms with Crippen LogP contribution in [0.1, 0.15) is 17.2 Å². The van der Waals surface area contributed by atoms with Crippen molar-refractivity contribution in [3.8, 4) is 5.75 Å². The molecule has 2 nitrogen and oxygen atoms in total. The average molecular weight is 281 g/mol. The average Bonchev–Trinajstić information content (AvgIpc) is 2.40. The molecule has 1 N–H and O–H groups in total. The number of rotatable bonds is 4. The zero-order valence-corrected chi connectivity index (χ0v) is 11.1. The standard InChI is InChI=1S/C15H14F3NO/c1-19-15(10-5-11(16)8-12(17)6-10)9-3-4-13(18)14(7-9)20-2/h3-8,15,19H,1-2H3. The van der Waals surface area contributed by atoms with Crippen LogP contribution in [0.15, 0.2) is 36.4 Å². The predicted octanol–water partition coefficient (Wildman–Crippen LogP) is 3.42. The molecular formula is C15H14F3NO. The van der Waals surface area contributed by atoms with Gasteiger partial charge in [0, 0.05) is 6.07 Å². The van der Waals surface area contributed by atoms with Gasteiger partial charge in [-0.05, 0) is 42.4 Å². The lowest BCUT2D eigenvalue weighted by atomic mass is 9.98. The first-order valence-corrected chi connectivity index (χ1v) is 6.02. The molecule has 0 aromatic heterocycles. The van der Waals surface area contributed by atoms with Crippen molar-refractivity contribution in [2.75, 3.05) is 14.2 Å². The van der Waals surface area contributed by atoms with E-state index in [-0.39, 0.29) is 5.75 Å². The fourth-order valence-electron chi connectivity index (χ4n) is 2.12. The van der Waals surface area contributed by atoms with Crippen LogP contribution in [-0.4, -0.2) is 14.2 Å². The third-order valence-electron chi connectivity index (χ3n) is 3.02. The zero-order valence-electron chi connectivity index (χ0n) is 11.1. The summed E-state index contributed by atoms with van der Waals surface area (Å²) in [4.78, 5) is 0. The first kappa shape index (κ1) is 14.4. The van der Waals surface area contributed by atoms with Gasteiger partial charge in [0.05, 0.1) is 13.2 Å². The van der Waals surface area contributed by atoms with Gasteiger partial charge in [-0.15, -0.1) is 0 Å². The van der Waals surface area contributed by atoms with Crippen molar-refractivity contribution in [3.05, 3.63) is 65.0 Å². The number of ether oxygens (including phenoxy) is 1. The van der Waals surface area contributed by atoms with E-state index in [1.807, 2.05) is 0 Å². The lowest BCUT2D eigenvalue weighted by Crippen LogP contribution is -2.18. The van der Waals surface area contributed by atoms with E-state index >= 15 is 0 Å². The maximum atomic E-state index is 13.4. The van der Waals surface area contributed by atoms with Crippen molar-refractivity contribution >= 4 is 0 Å². The summed E-state index contributed by atoms with van der Waals surface area (Å²) in [6, 6.07) is 7.12. The molecule has 0 aliphatic heterocycles. The van der Waals surface area contributed by atoms with E-state index in [1.165, 1.54) is 31.4 Å². The third-order valence-corrected chi connectivity index (χ3v) is 3.02. The number of methoxy groups -OCH3 is 1. The molecule has 0 bridgehead atoms. The summed E-state index contributed by atoms with van der Waals surface area (Å²) in [6.45, 7) is 0. The van der Waals surface area contributed by atoms with Gasteiger partial charge in [0.1, 0.15) is 11.6 Å². The van der Waals surface area contributed by atoms with Gasteiger partial charge in [0.25, 0.3) is 0 Å². The SMILES string of the molecule is CNC(c1cc(F)cc(F)c1)c1ccc(F)c(OC)c1. The van der Waals surface area contributed by atoms with Gasteiger partial charge < -0.3 is 10.1 Å². The second-order valence-electron chi connectivity index (χ2n) is 4.32. The number of nitrogens with one attached hydrogen (secondary N) is 1. The van der Waals surface area contributed by atoms with Gasteiger partial charge in [-0.25, -0.2) is 13.2 Å². The molecule has 2 aromatic carbocycles. The van der Waals surface area contributed by atoms with Crippen LogP contribution in [0.5, 0.6) is 5.75 Å². The molecule has 0 saturated carbocycles. The topological polar surface area (TPSA) is 21.3 Å². The summed E-state index contributed by atoms with van der Waals surface area (Å²) in [5.41, 5.74) is 1.06. The van der Waals surface area contributed by atoms with Gasteiger partial charge in [-0.3, -0.25) is 0 Å². The van der Waals surface area contributed by atoms with E-state index in [1.54, 1.807) is 13.1 Å². The Morgan fingerprint density at radius 2 is 1.60 bits per heavy atom. The molecule has 106 valence electrons. The number of benzene rings is 2. The van der Waals surface area contributed by atoms with Crippen molar-refractivity contribution in [1.29, 1.82) is 0 Å². The molecule has 0 heterocycles. The van der Waals surface area contributed by atoms with E-state index in [0.29, 0.717) is 11.1 Å². The van der Waals surface area contributed by atoms with Crippen molar-refractivity contribution in [2.45, 2.75) is 6.04 Å². The lowest BCUT2D eigenvalue weighted by molar-refractivity contribution is 0.385. The summed E-state index contributed by atoms with van der Waals surface area (Å²) in [5.74, 6) is -1.72. The van der Waals surface area contributed by atoms with Gasteiger partial charge in [0.2, 0.25) is 0 Å². The maximum Gasteiger partial charge on any atom is 0.165 e. The molecule has 1 atom stereocenters. The van der Waals surface area contributed by atoms with Crippen LogP contribution < -0.4 is 10.1 Å². The van der Waals surface area contributed by atoms with Crippen LogP contribution in [-0.2, 0) is 0 Å². The Balaban J connectivity index is 2.46. The van der Waals surface area contributed by atoms with Gasteiger partial charge in [0.15, 0.2) is 11.6 Å².